The van der Waals surface area contributed by atoms with Crippen LogP contribution in [0.3, 0.4) is 0 Å². The highest BCUT2D eigenvalue weighted by Gasteiger charge is 2.38. The summed E-state index contributed by atoms with van der Waals surface area (Å²) in [5.74, 6) is 0. The van der Waals surface area contributed by atoms with Crippen LogP contribution in [0.1, 0.15) is 49.9 Å². The summed E-state index contributed by atoms with van der Waals surface area (Å²) in [6.07, 6.45) is 0. The molecule has 12 rings (SSSR count). The first-order valence-corrected chi connectivity index (χ1v) is 22.8. The molecule has 2 aliphatic carbocycles. The van der Waals surface area contributed by atoms with E-state index in [9.17, 15) is 0 Å². The second-order valence-electron chi connectivity index (χ2n) is 18.8. The predicted molar refractivity (Wildman–Crippen MR) is 273 cm³/mol. The molecule has 310 valence electrons. The number of benzene rings is 9. The van der Waals surface area contributed by atoms with E-state index in [2.05, 4.69) is 251 Å². The Balaban J connectivity index is 0.969. The van der Waals surface area contributed by atoms with E-state index >= 15 is 0 Å². The molecule has 2 aliphatic rings. The number of nitrogens with zero attached hydrogens (tertiary/aromatic N) is 2. The average Bonchev–Trinajstić information content (AvgIpc) is 3.73. The molecule has 10 aromatic rings. The second kappa shape index (κ2) is 14.9. The van der Waals surface area contributed by atoms with Gasteiger partial charge in [0.1, 0.15) is 0 Å². The fraction of sp³-hybridized carbons (Fsp3) is 0.0952. The number of anilines is 3. The molecule has 0 N–H and O–H groups in total. The monoisotopic (exact) mass is 832 g/mol. The molecule has 0 aliphatic heterocycles. The van der Waals surface area contributed by atoms with Crippen molar-refractivity contribution >= 4 is 28.0 Å². The maximum atomic E-state index is 5.33. The van der Waals surface area contributed by atoms with Gasteiger partial charge in [0, 0.05) is 44.4 Å². The fourth-order valence-electron chi connectivity index (χ4n) is 10.8. The standard InChI is InChI=1S/C63H48N2/c1-62(2)56-21-13-12-20-51(56)52-35-32-50(40-59(52)62)65(48-30-27-44(28-31-48)43-25-23-42(24-26-43)41-15-7-5-8-16-41)49-33-36-57-55(39-49)53-34-29-47(38-58(53)63(57,3)4)61-54(45-17-9-6-10-18-45)37-46-19-11-14-22-60(46)64-61/h5-40H,1-4H3. The van der Waals surface area contributed by atoms with Crippen molar-refractivity contribution in [2.45, 2.75) is 38.5 Å². The Morgan fingerprint density at radius 1 is 0.308 bits per heavy atom. The summed E-state index contributed by atoms with van der Waals surface area (Å²) in [6.45, 7) is 9.47. The van der Waals surface area contributed by atoms with Gasteiger partial charge in [-0.25, -0.2) is 4.98 Å². The van der Waals surface area contributed by atoms with Crippen LogP contribution in [0.25, 0.3) is 77.8 Å². The number of hydrogen-bond acceptors (Lipinski definition) is 2. The molecule has 1 heterocycles. The molecule has 0 spiro atoms. The van der Waals surface area contributed by atoms with E-state index in [1.54, 1.807) is 0 Å². The van der Waals surface area contributed by atoms with Gasteiger partial charge in [0.15, 0.2) is 0 Å². The van der Waals surface area contributed by atoms with Crippen molar-refractivity contribution in [3.05, 3.63) is 241 Å². The molecule has 2 nitrogen and oxygen atoms in total. The highest BCUT2D eigenvalue weighted by atomic mass is 15.1. The van der Waals surface area contributed by atoms with Gasteiger partial charge in [-0.15, -0.1) is 0 Å². The topological polar surface area (TPSA) is 16.1 Å². The summed E-state index contributed by atoms with van der Waals surface area (Å²) in [4.78, 5) is 7.78. The van der Waals surface area contributed by atoms with Gasteiger partial charge in [-0.1, -0.05) is 191 Å². The zero-order valence-electron chi connectivity index (χ0n) is 37.2. The van der Waals surface area contributed by atoms with Crippen LogP contribution in [0.4, 0.5) is 17.1 Å². The molecule has 0 unspecified atom stereocenters. The molecule has 0 atom stereocenters. The molecule has 0 fully saturated rings. The summed E-state index contributed by atoms with van der Waals surface area (Å²) >= 11 is 0. The van der Waals surface area contributed by atoms with Gasteiger partial charge in [0.25, 0.3) is 0 Å². The normalized spacial score (nSPS) is 13.8. The number of rotatable bonds is 7. The van der Waals surface area contributed by atoms with Crippen molar-refractivity contribution in [2.75, 3.05) is 4.90 Å². The first kappa shape index (κ1) is 38.8. The lowest BCUT2D eigenvalue weighted by molar-refractivity contribution is 0.660. The van der Waals surface area contributed by atoms with Crippen LogP contribution in [0.2, 0.25) is 0 Å². The van der Waals surface area contributed by atoms with Crippen LogP contribution in [0, 0.1) is 0 Å². The summed E-state index contributed by atoms with van der Waals surface area (Å²) in [5.41, 5.74) is 24.0. The third kappa shape index (κ3) is 6.35. The quantitative estimate of drug-likeness (QED) is 0.159. The van der Waals surface area contributed by atoms with Crippen LogP contribution in [-0.2, 0) is 10.8 Å². The van der Waals surface area contributed by atoms with E-state index in [4.69, 9.17) is 4.98 Å². The Hall–Kier alpha value is -7.81. The van der Waals surface area contributed by atoms with Crippen molar-refractivity contribution in [1.29, 1.82) is 0 Å². The molecule has 1 aromatic heterocycles. The highest BCUT2D eigenvalue weighted by Crippen LogP contribution is 2.54. The minimum absolute atomic E-state index is 0.123. The molecule has 0 saturated heterocycles. The van der Waals surface area contributed by atoms with Gasteiger partial charge in [-0.3, -0.25) is 0 Å². The lowest BCUT2D eigenvalue weighted by Crippen LogP contribution is -2.17. The molecular formula is C63H48N2. The smallest absolute Gasteiger partial charge is 0.0788 e. The summed E-state index contributed by atoms with van der Waals surface area (Å²) in [6, 6.07) is 80.2. The Bertz CT molecular complexity index is 3450. The zero-order valence-corrected chi connectivity index (χ0v) is 37.2. The van der Waals surface area contributed by atoms with Gasteiger partial charge in [-0.2, -0.15) is 0 Å². The number of aromatic nitrogens is 1. The van der Waals surface area contributed by atoms with Crippen LogP contribution < -0.4 is 4.90 Å². The van der Waals surface area contributed by atoms with Crippen molar-refractivity contribution < 1.29 is 0 Å². The molecule has 0 amide bonds. The predicted octanol–water partition coefficient (Wildman–Crippen LogP) is 17.0. The summed E-state index contributed by atoms with van der Waals surface area (Å²) in [5, 5.41) is 1.14. The number of hydrogen-bond donors (Lipinski definition) is 0. The summed E-state index contributed by atoms with van der Waals surface area (Å²) < 4.78 is 0. The molecule has 0 radical (unpaired) electrons. The van der Waals surface area contributed by atoms with Gasteiger partial charge in [0.05, 0.1) is 11.2 Å². The van der Waals surface area contributed by atoms with E-state index in [1.807, 2.05) is 0 Å². The van der Waals surface area contributed by atoms with Gasteiger partial charge in [-0.05, 0) is 127 Å². The number of fused-ring (bicyclic) bond motifs is 7. The van der Waals surface area contributed by atoms with E-state index in [0.29, 0.717) is 0 Å². The SMILES string of the molecule is CC1(C)c2ccc(N(c3ccc(-c4ccc(-c5ccccc5)cc4)cc3)c3ccc4c(c3)C(C)(C)c3ccccc3-4)cc2-c2ccc(-c3nc4ccccc4cc3-c3ccccc3)cc21. The van der Waals surface area contributed by atoms with Crippen LogP contribution in [-0.4, -0.2) is 4.98 Å². The van der Waals surface area contributed by atoms with Crippen LogP contribution >= 0.6 is 0 Å². The Labute approximate surface area is 382 Å². The van der Waals surface area contributed by atoms with Gasteiger partial charge in [0.2, 0.25) is 0 Å². The third-order valence-electron chi connectivity index (χ3n) is 14.3. The van der Waals surface area contributed by atoms with E-state index in [1.165, 1.54) is 72.3 Å². The average molecular weight is 833 g/mol. The first-order chi connectivity index (χ1) is 31.7. The first-order valence-electron chi connectivity index (χ1n) is 22.8. The minimum atomic E-state index is -0.213. The third-order valence-corrected chi connectivity index (χ3v) is 14.3. The molecule has 0 saturated carbocycles. The highest BCUT2D eigenvalue weighted by molar-refractivity contribution is 5.94. The van der Waals surface area contributed by atoms with Crippen molar-refractivity contribution in [2.24, 2.45) is 0 Å². The Kier molecular flexibility index (Phi) is 8.90. The molecule has 2 heteroatoms. The number of pyridine rings is 1. The van der Waals surface area contributed by atoms with E-state index in [0.717, 1.165) is 44.8 Å². The van der Waals surface area contributed by atoms with Crippen molar-refractivity contribution in [3.63, 3.8) is 0 Å². The molecule has 9 aromatic carbocycles. The fourth-order valence-corrected chi connectivity index (χ4v) is 10.8. The molecule has 65 heavy (non-hydrogen) atoms. The van der Waals surface area contributed by atoms with Gasteiger partial charge >= 0.3 is 0 Å². The van der Waals surface area contributed by atoms with Crippen LogP contribution in [0.15, 0.2) is 218 Å². The summed E-state index contributed by atoms with van der Waals surface area (Å²) in [7, 11) is 0. The Morgan fingerprint density at radius 2 is 0.785 bits per heavy atom. The van der Waals surface area contributed by atoms with Crippen molar-refractivity contribution in [1.82, 2.24) is 4.98 Å². The van der Waals surface area contributed by atoms with Gasteiger partial charge < -0.3 is 4.90 Å². The Morgan fingerprint density at radius 3 is 1.51 bits per heavy atom. The maximum Gasteiger partial charge on any atom is 0.0788 e. The lowest BCUT2D eigenvalue weighted by atomic mass is 9.81. The van der Waals surface area contributed by atoms with E-state index < -0.39 is 0 Å². The maximum absolute atomic E-state index is 5.33. The lowest BCUT2D eigenvalue weighted by Gasteiger charge is -2.29. The minimum Gasteiger partial charge on any atom is -0.310 e. The molecular weight excluding hydrogens is 785 g/mol. The zero-order chi connectivity index (χ0) is 43.9. The second-order valence-corrected chi connectivity index (χ2v) is 18.8. The van der Waals surface area contributed by atoms with Crippen LogP contribution in [0.5, 0.6) is 0 Å². The number of para-hydroxylation sites is 1. The molecule has 0 bridgehead atoms. The van der Waals surface area contributed by atoms with Crippen molar-refractivity contribution in [3.8, 4) is 66.9 Å². The largest absolute Gasteiger partial charge is 0.310 e. The van der Waals surface area contributed by atoms with E-state index in [-0.39, 0.29) is 10.8 Å².